The van der Waals surface area contributed by atoms with Crippen molar-refractivity contribution in [3.63, 3.8) is 0 Å². The number of hydrogen-bond donors (Lipinski definition) is 1. The number of aromatic nitrogens is 2. The molecule has 0 saturated carbocycles. The van der Waals surface area contributed by atoms with E-state index in [4.69, 9.17) is 5.73 Å². The van der Waals surface area contributed by atoms with Crippen LogP contribution in [0.5, 0.6) is 0 Å². The molecule has 0 spiro atoms. The summed E-state index contributed by atoms with van der Waals surface area (Å²) in [5, 5.41) is 8.16. The number of nitrogens with two attached hydrogens (primary N) is 1. The van der Waals surface area contributed by atoms with Gasteiger partial charge in [0.25, 0.3) is 5.91 Å². The Morgan fingerprint density at radius 2 is 2.26 bits per heavy atom. The lowest BCUT2D eigenvalue weighted by molar-refractivity contribution is 0.0821. The number of amides is 1. The van der Waals surface area contributed by atoms with Crippen LogP contribution < -0.4 is 10.6 Å². The lowest BCUT2D eigenvalue weighted by Gasteiger charge is -2.17. The largest absolute Gasteiger partial charge is 0.355 e. The summed E-state index contributed by atoms with van der Waals surface area (Å²) in [7, 11) is 3.41. The molecule has 0 radical (unpaired) electrons. The molecule has 19 heavy (non-hydrogen) atoms. The Kier molecular flexibility index (Phi) is 4.31. The van der Waals surface area contributed by atoms with Crippen LogP contribution in [0.3, 0.4) is 0 Å². The third-order valence-corrected chi connectivity index (χ3v) is 3.46. The molecule has 6 nitrogen and oxygen atoms in total. The molecule has 0 aliphatic carbocycles. The molecule has 1 aliphatic rings. The van der Waals surface area contributed by atoms with Crippen molar-refractivity contribution in [3.8, 4) is 0 Å². The van der Waals surface area contributed by atoms with E-state index in [1.165, 1.54) is 4.90 Å². The van der Waals surface area contributed by atoms with Gasteiger partial charge in [-0.15, -0.1) is 10.2 Å². The van der Waals surface area contributed by atoms with Gasteiger partial charge < -0.3 is 15.5 Å². The fourth-order valence-electron chi connectivity index (χ4n) is 2.35. The Balaban J connectivity index is 2.01. The second-order valence-corrected chi connectivity index (χ2v) is 5.15. The quantitative estimate of drug-likeness (QED) is 0.848. The highest BCUT2D eigenvalue weighted by molar-refractivity contribution is 5.91. The van der Waals surface area contributed by atoms with Crippen molar-refractivity contribution in [2.24, 2.45) is 11.7 Å². The SMILES string of the molecule is CN(C)C(=O)c1ccc(N2CCC(CCN)C2)nn1. The highest BCUT2D eigenvalue weighted by Gasteiger charge is 2.23. The van der Waals surface area contributed by atoms with Gasteiger partial charge in [-0.3, -0.25) is 4.79 Å². The average molecular weight is 263 g/mol. The summed E-state index contributed by atoms with van der Waals surface area (Å²) in [6.45, 7) is 2.70. The van der Waals surface area contributed by atoms with Crippen molar-refractivity contribution >= 4 is 11.7 Å². The van der Waals surface area contributed by atoms with Crippen molar-refractivity contribution in [1.82, 2.24) is 15.1 Å². The second-order valence-electron chi connectivity index (χ2n) is 5.15. The van der Waals surface area contributed by atoms with Crippen LogP contribution in [0.1, 0.15) is 23.3 Å². The molecule has 6 heteroatoms. The lowest BCUT2D eigenvalue weighted by Crippen LogP contribution is -2.25. The predicted octanol–water partition coefficient (Wildman–Crippen LogP) is 0.354. The number of hydrogen-bond acceptors (Lipinski definition) is 5. The molecule has 2 rings (SSSR count). The first kappa shape index (κ1) is 13.7. The van der Waals surface area contributed by atoms with Crippen LogP contribution in [0.15, 0.2) is 12.1 Å². The monoisotopic (exact) mass is 263 g/mol. The zero-order valence-electron chi connectivity index (χ0n) is 11.5. The topological polar surface area (TPSA) is 75.4 Å². The average Bonchev–Trinajstić information content (AvgIpc) is 2.87. The van der Waals surface area contributed by atoms with Crippen LogP contribution in [0.25, 0.3) is 0 Å². The second kappa shape index (κ2) is 5.97. The Hall–Kier alpha value is -1.69. The highest BCUT2D eigenvalue weighted by Crippen LogP contribution is 2.23. The van der Waals surface area contributed by atoms with E-state index in [0.717, 1.165) is 38.3 Å². The van der Waals surface area contributed by atoms with Gasteiger partial charge in [0.15, 0.2) is 11.5 Å². The molecule has 1 unspecified atom stereocenters. The van der Waals surface area contributed by atoms with Gasteiger partial charge in [0.2, 0.25) is 0 Å². The number of anilines is 1. The fourth-order valence-corrected chi connectivity index (χ4v) is 2.35. The van der Waals surface area contributed by atoms with Crippen LogP contribution in [-0.2, 0) is 0 Å². The van der Waals surface area contributed by atoms with Crippen molar-refractivity contribution in [2.75, 3.05) is 38.6 Å². The van der Waals surface area contributed by atoms with Crippen LogP contribution in [-0.4, -0.2) is 54.7 Å². The van der Waals surface area contributed by atoms with E-state index in [1.54, 1.807) is 20.2 Å². The number of carbonyl (C=O) groups is 1. The third kappa shape index (κ3) is 3.20. The van der Waals surface area contributed by atoms with E-state index in [9.17, 15) is 4.79 Å². The minimum atomic E-state index is -0.124. The van der Waals surface area contributed by atoms with Crippen molar-refractivity contribution in [3.05, 3.63) is 17.8 Å². The van der Waals surface area contributed by atoms with E-state index in [-0.39, 0.29) is 5.91 Å². The molecule has 0 bridgehead atoms. The van der Waals surface area contributed by atoms with E-state index in [1.807, 2.05) is 6.07 Å². The lowest BCUT2D eigenvalue weighted by atomic mass is 10.1. The molecular weight excluding hydrogens is 242 g/mol. The van der Waals surface area contributed by atoms with Crippen LogP contribution >= 0.6 is 0 Å². The molecule has 1 saturated heterocycles. The van der Waals surface area contributed by atoms with E-state index in [2.05, 4.69) is 15.1 Å². The first-order valence-electron chi connectivity index (χ1n) is 6.62. The van der Waals surface area contributed by atoms with E-state index in [0.29, 0.717) is 11.6 Å². The highest BCUT2D eigenvalue weighted by atomic mass is 16.2. The number of carbonyl (C=O) groups excluding carboxylic acids is 1. The summed E-state index contributed by atoms with van der Waals surface area (Å²) in [5.41, 5.74) is 5.97. The summed E-state index contributed by atoms with van der Waals surface area (Å²) >= 11 is 0. The molecule has 1 aromatic rings. The maximum atomic E-state index is 11.7. The molecule has 1 fully saturated rings. The normalized spacial score (nSPS) is 18.7. The van der Waals surface area contributed by atoms with Crippen molar-refractivity contribution in [1.29, 1.82) is 0 Å². The van der Waals surface area contributed by atoms with Gasteiger partial charge in [-0.05, 0) is 37.4 Å². The Morgan fingerprint density at radius 3 is 2.84 bits per heavy atom. The summed E-state index contributed by atoms with van der Waals surface area (Å²) in [6, 6.07) is 3.61. The molecule has 2 heterocycles. The van der Waals surface area contributed by atoms with Gasteiger partial charge in [0.1, 0.15) is 0 Å². The number of rotatable bonds is 4. The van der Waals surface area contributed by atoms with Crippen LogP contribution in [0.4, 0.5) is 5.82 Å². The number of nitrogens with zero attached hydrogens (tertiary/aromatic N) is 4. The van der Waals surface area contributed by atoms with Crippen LogP contribution in [0, 0.1) is 5.92 Å². The molecule has 1 amide bonds. The van der Waals surface area contributed by atoms with E-state index >= 15 is 0 Å². The maximum absolute atomic E-state index is 11.7. The molecule has 104 valence electrons. The Morgan fingerprint density at radius 1 is 1.47 bits per heavy atom. The minimum absolute atomic E-state index is 0.124. The summed E-state index contributed by atoms with van der Waals surface area (Å²) < 4.78 is 0. The summed E-state index contributed by atoms with van der Waals surface area (Å²) in [6.07, 6.45) is 2.21. The molecule has 1 aliphatic heterocycles. The molecular formula is C13H21N5O. The molecule has 1 atom stereocenters. The molecule has 0 aromatic carbocycles. The van der Waals surface area contributed by atoms with E-state index < -0.39 is 0 Å². The zero-order valence-corrected chi connectivity index (χ0v) is 11.5. The van der Waals surface area contributed by atoms with Gasteiger partial charge in [-0.1, -0.05) is 0 Å². The minimum Gasteiger partial charge on any atom is -0.355 e. The van der Waals surface area contributed by atoms with Crippen LogP contribution in [0.2, 0.25) is 0 Å². The maximum Gasteiger partial charge on any atom is 0.273 e. The molecule has 2 N–H and O–H groups in total. The van der Waals surface area contributed by atoms with Gasteiger partial charge in [-0.25, -0.2) is 0 Å². The standard InChI is InChI=1S/C13H21N5O/c1-17(2)13(19)11-3-4-12(16-15-11)18-8-6-10(9-18)5-7-14/h3-4,10H,5-9,14H2,1-2H3. The summed E-state index contributed by atoms with van der Waals surface area (Å²) in [5.74, 6) is 1.37. The molecule has 1 aromatic heterocycles. The Labute approximate surface area is 113 Å². The van der Waals surface area contributed by atoms with Gasteiger partial charge in [0, 0.05) is 27.2 Å². The first-order chi connectivity index (χ1) is 9.11. The van der Waals surface area contributed by atoms with Crippen molar-refractivity contribution < 1.29 is 4.79 Å². The van der Waals surface area contributed by atoms with Gasteiger partial charge in [-0.2, -0.15) is 0 Å². The van der Waals surface area contributed by atoms with Crippen molar-refractivity contribution in [2.45, 2.75) is 12.8 Å². The first-order valence-corrected chi connectivity index (χ1v) is 6.62. The van der Waals surface area contributed by atoms with Gasteiger partial charge in [0.05, 0.1) is 0 Å². The smallest absolute Gasteiger partial charge is 0.273 e. The Bertz CT molecular complexity index is 431. The third-order valence-electron chi connectivity index (χ3n) is 3.46. The summed E-state index contributed by atoms with van der Waals surface area (Å²) in [4.78, 5) is 15.4. The fraction of sp³-hybridized carbons (Fsp3) is 0.615. The predicted molar refractivity (Wildman–Crippen MR) is 74.0 cm³/mol. The van der Waals surface area contributed by atoms with Gasteiger partial charge >= 0.3 is 0 Å². The zero-order chi connectivity index (χ0) is 13.8.